The summed E-state index contributed by atoms with van der Waals surface area (Å²) in [5, 5.41) is 0. The molecule has 0 aliphatic carbocycles. The van der Waals surface area contributed by atoms with E-state index in [0.29, 0.717) is 0 Å². The van der Waals surface area contributed by atoms with Crippen LogP contribution in [0, 0.1) is 13.8 Å². The summed E-state index contributed by atoms with van der Waals surface area (Å²) in [5.74, 6) is 1.84. The van der Waals surface area contributed by atoms with E-state index in [1.54, 1.807) is 0 Å². The zero-order valence-electron chi connectivity index (χ0n) is 11.0. The number of benzene rings is 1. The summed E-state index contributed by atoms with van der Waals surface area (Å²) in [6, 6.07) is 8.40. The molecule has 3 heteroatoms. The van der Waals surface area contributed by atoms with Gasteiger partial charge in [-0.25, -0.2) is 0 Å². The minimum Gasteiger partial charge on any atom is -0.461 e. The summed E-state index contributed by atoms with van der Waals surface area (Å²) in [4.78, 5) is 0. The molecule has 0 spiro atoms. The van der Waals surface area contributed by atoms with Crippen molar-refractivity contribution in [2.24, 2.45) is 5.73 Å². The van der Waals surface area contributed by atoms with E-state index in [1.807, 2.05) is 19.1 Å². The van der Waals surface area contributed by atoms with E-state index in [4.69, 9.17) is 10.2 Å². The second-order valence-corrected chi connectivity index (χ2v) is 5.74. The first kappa shape index (κ1) is 13.4. The largest absolute Gasteiger partial charge is 0.461 e. The standard InChI is InChI=1S/C15H18BrNO/c1-9-6-10(2)15(13(16)7-9)14-5-4-12(18-14)8-11(3)17/h4-7,11H,8,17H2,1-3H3. The Hall–Kier alpha value is -1.06. The zero-order valence-corrected chi connectivity index (χ0v) is 12.5. The van der Waals surface area contributed by atoms with Gasteiger partial charge < -0.3 is 10.2 Å². The molecule has 96 valence electrons. The van der Waals surface area contributed by atoms with Crippen molar-refractivity contribution in [2.75, 3.05) is 0 Å². The monoisotopic (exact) mass is 307 g/mol. The molecule has 1 aromatic heterocycles. The van der Waals surface area contributed by atoms with E-state index in [0.717, 1.165) is 28.0 Å². The third-order valence-electron chi connectivity index (χ3n) is 2.86. The van der Waals surface area contributed by atoms with E-state index in [2.05, 4.69) is 41.9 Å². The number of aryl methyl sites for hydroxylation is 2. The zero-order chi connectivity index (χ0) is 13.3. The van der Waals surface area contributed by atoms with Crippen molar-refractivity contribution >= 4 is 15.9 Å². The fourth-order valence-electron chi connectivity index (χ4n) is 2.17. The van der Waals surface area contributed by atoms with Gasteiger partial charge in [-0.2, -0.15) is 0 Å². The summed E-state index contributed by atoms with van der Waals surface area (Å²) >= 11 is 3.61. The molecular weight excluding hydrogens is 290 g/mol. The van der Waals surface area contributed by atoms with Crippen LogP contribution in [0.5, 0.6) is 0 Å². The number of halogens is 1. The molecule has 2 N–H and O–H groups in total. The van der Waals surface area contributed by atoms with Crippen molar-refractivity contribution in [1.29, 1.82) is 0 Å². The molecule has 1 aromatic carbocycles. The summed E-state index contributed by atoms with van der Waals surface area (Å²) in [6.45, 7) is 6.17. The highest BCUT2D eigenvalue weighted by Gasteiger charge is 2.12. The Morgan fingerprint density at radius 1 is 1.28 bits per heavy atom. The van der Waals surface area contributed by atoms with Gasteiger partial charge in [0.1, 0.15) is 11.5 Å². The van der Waals surface area contributed by atoms with Crippen molar-refractivity contribution in [3.8, 4) is 11.3 Å². The molecule has 2 aromatic rings. The van der Waals surface area contributed by atoms with Gasteiger partial charge in [-0.05, 0) is 50.1 Å². The van der Waals surface area contributed by atoms with E-state index < -0.39 is 0 Å². The van der Waals surface area contributed by atoms with E-state index >= 15 is 0 Å². The number of hydrogen-bond acceptors (Lipinski definition) is 2. The molecule has 1 atom stereocenters. The first-order chi connectivity index (χ1) is 8.47. The molecule has 0 bridgehead atoms. The average Bonchev–Trinajstić information content (AvgIpc) is 2.63. The van der Waals surface area contributed by atoms with Crippen LogP contribution in [0.4, 0.5) is 0 Å². The Morgan fingerprint density at radius 3 is 2.61 bits per heavy atom. The lowest BCUT2D eigenvalue weighted by Crippen LogP contribution is -2.17. The summed E-state index contributed by atoms with van der Waals surface area (Å²) < 4.78 is 6.94. The number of nitrogens with two attached hydrogens (primary N) is 1. The first-order valence-corrected chi connectivity index (χ1v) is 6.88. The molecule has 0 aliphatic rings. The molecule has 0 saturated heterocycles. The normalized spacial score (nSPS) is 12.7. The second kappa shape index (κ2) is 5.29. The van der Waals surface area contributed by atoms with Crippen LogP contribution in [-0.2, 0) is 6.42 Å². The lowest BCUT2D eigenvalue weighted by atomic mass is 10.0. The van der Waals surface area contributed by atoms with Crippen molar-refractivity contribution in [3.63, 3.8) is 0 Å². The molecular formula is C15H18BrNO. The van der Waals surface area contributed by atoms with Crippen LogP contribution >= 0.6 is 15.9 Å². The SMILES string of the molecule is Cc1cc(C)c(-c2ccc(CC(C)N)o2)c(Br)c1. The van der Waals surface area contributed by atoms with Crippen molar-refractivity contribution in [3.05, 3.63) is 45.6 Å². The predicted molar refractivity (Wildman–Crippen MR) is 78.7 cm³/mol. The molecule has 0 radical (unpaired) electrons. The van der Waals surface area contributed by atoms with Gasteiger partial charge in [0.05, 0.1) is 0 Å². The Kier molecular flexibility index (Phi) is 3.93. The minimum absolute atomic E-state index is 0.117. The Labute approximate surface area is 116 Å². The van der Waals surface area contributed by atoms with E-state index in [1.165, 1.54) is 11.1 Å². The predicted octanol–water partition coefficient (Wildman–Crippen LogP) is 4.22. The maximum absolute atomic E-state index is 5.87. The van der Waals surface area contributed by atoms with Gasteiger partial charge in [-0.3, -0.25) is 0 Å². The van der Waals surface area contributed by atoms with Crippen molar-refractivity contribution in [2.45, 2.75) is 33.2 Å². The fourth-order valence-corrected chi connectivity index (χ4v) is 3.04. The van der Waals surface area contributed by atoms with Gasteiger partial charge in [0, 0.05) is 22.5 Å². The van der Waals surface area contributed by atoms with E-state index in [9.17, 15) is 0 Å². The van der Waals surface area contributed by atoms with Gasteiger partial charge in [-0.15, -0.1) is 0 Å². The summed E-state index contributed by atoms with van der Waals surface area (Å²) in [5.41, 5.74) is 9.36. The Bertz CT molecular complexity index is 534. The van der Waals surface area contributed by atoms with Crippen LogP contribution in [-0.4, -0.2) is 6.04 Å². The molecule has 2 nitrogen and oxygen atoms in total. The quantitative estimate of drug-likeness (QED) is 0.922. The molecule has 0 amide bonds. The molecule has 0 fully saturated rings. The topological polar surface area (TPSA) is 39.2 Å². The summed E-state index contributed by atoms with van der Waals surface area (Å²) in [7, 11) is 0. The highest BCUT2D eigenvalue weighted by atomic mass is 79.9. The van der Waals surface area contributed by atoms with E-state index in [-0.39, 0.29) is 6.04 Å². The van der Waals surface area contributed by atoms with Crippen molar-refractivity contribution < 1.29 is 4.42 Å². The lowest BCUT2D eigenvalue weighted by Gasteiger charge is -2.08. The molecule has 1 unspecified atom stereocenters. The number of rotatable bonds is 3. The van der Waals surface area contributed by atoms with Gasteiger partial charge in [0.15, 0.2) is 0 Å². The third kappa shape index (κ3) is 2.85. The molecule has 0 saturated carbocycles. The molecule has 0 aliphatic heterocycles. The van der Waals surface area contributed by atoms with Crippen LogP contribution < -0.4 is 5.73 Å². The maximum Gasteiger partial charge on any atom is 0.135 e. The fraction of sp³-hybridized carbons (Fsp3) is 0.333. The third-order valence-corrected chi connectivity index (χ3v) is 3.49. The Morgan fingerprint density at radius 2 is 2.00 bits per heavy atom. The average molecular weight is 308 g/mol. The van der Waals surface area contributed by atoms with Crippen LogP contribution in [0.1, 0.15) is 23.8 Å². The highest BCUT2D eigenvalue weighted by molar-refractivity contribution is 9.10. The van der Waals surface area contributed by atoms with Crippen LogP contribution in [0.3, 0.4) is 0 Å². The Balaban J connectivity index is 2.40. The van der Waals surface area contributed by atoms with Crippen LogP contribution in [0.2, 0.25) is 0 Å². The lowest BCUT2D eigenvalue weighted by molar-refractivity contribution is 0.503. The van der Waals surface area contributed by atoms with Crippen LogP contribution in [0.15, 0.2) is 33.2 Å². The second-order valence-electron chi connectivity index (χ2n) is 4.89. The van der Waals surface area contributed by atoms with Crippen LogP contribution in [0.25, 0.3) is 11.3 Å². The molecule has 18 heavy (non-hydrogen) atoms. The van der Waals surface area contributed by atoms with Gasteiger partial charge >= 0.3 is 0 Å². The van der Waals surface area contributed by atoms with Gasteiger partial charge in [-0.1, -0.05) is 22.0 Å². The highest BCUT2D eigenvalue weighted by Crippen LogP contribution is 2.33. The minimum atomic E-state index is 0.117. The van der Waals surface area contributed by atoms with Gasteiger partial charge in [0.25, 0.3) is 0 Å². The van der Waals surface area contributed by atoms with Gasteiger partial charge in [0.2, 0.25) is 0 Å². The number of hydrogen-bond donors (Lipinski definition) is 1. The first-order valence-electron chi connectivity index (χ1n) is 6.09. The number of furan rings is 1. The molecule has 2 rings (SSSR count). The maximum atomic E-state index is 5.87. The van der Waals surface area contributed by atoms with Crippen molar-refractivity contribution in [1.82, 2.24) is 0 Å². The summed E-state index contributed by atoms with van der Waals surface area (Å²) in [6.07, 6.45) is 0.766. The molecule has 1 heterocycles. The smallest absolute Gasteiger partial charge is 0.135 e.